The number of nitrogens with one attached hydrogen (secondary N) is 1. The molecule has 36 heavy (non-hydrogen) atoms. The molecule has 6 nitrogen and oxygen atoms in total. The minimum Gasteiger partial charge on any atom is -0.378 e. The molecule has 0 unspecified atom stereocenters. The van der Waals surface area contributed by atoms with Crippen molar-refractivity contribution in [1.29, 1.82) is 0 Å². The van der Waals surface area contributed by atoms with E-state index in [0.717, 1.165) is 60.7 Å². The second kappa shape index (κ2) is 11.7. The van der Waals surface area contributed by atoms with Gasteiger partial charge in [0.25, 0.3) is 11.8 Å². The zero-order valence-corrected chi connectivity index (χ0v) is 21.1. The fourth-order valence-corrected chi connectivity index (χ4v) is 5.49. The maximum atomic E-state index is 13.2. The number of morpholine rings is 1. The van der Waals surface area contributed by atoms with Gasteiger partial charge in [-0.1, -0.05) is 49.6 Å². The molecule has 1 saturated heterocycles. The minimum atomic E-state index is 0.0513. The summed E-state index contributed by atoms with van der Waals surface area (Å²) in [5, 5.41) is 4.22. The van der Waals surface area contributed by atoms with Crippen LogP contribution in [0, 0.1) is 0 Å². The van der Waals surface area contributed by atoms with E-state index in [-0.39, 0.29) is 11.8 Å². The monoisotopic (exact) mass is 487 g/mol. The topological polar surface area (TPSA) is 63.6 Å². The first-order valence-electron chi connectivity index (χ1n) is 13.5. The van der Waals surface area contributed by atoms with Crippen LogP contribution in [0.2, 0.25) is 0 Å². The smallest absolute Gasteiger partial charge is 0.256 e. The van der Waals surface area contributed by atoms with Crippen molar-refractivity contribution in [2.75, 3.05) is 26.3 Å². The predicted octanol–water partition coefficient (Wildman–Crippen LogP) is 5.20. The number of benzene rings is 2. The van der Waals surface area contributed by atoms with E-state index in [2.05, 4.69) is 28.1 Å². The maximum Gasteiger partial charge on any atom is 0.256 e. The Morgan fingerprint density at radius 3 is 2.44 bits per heavy atom. The van der Waals surface area contributed by atoms with Crippen LogP contribution in [0.4, 0.5) is 0 Å². The number of fused-ring (bicyclic) bond motifs is 1. The van der Waals surface area contributed by atoms with Gasteiger partial charge in [-0.2, -0.15) is 0 Å². The number of para-hydroxylation sites is 1. The molecule has 1 saturated carbocycles. The third-order valence-electron chi connectivity index (χ3n) is 7.59. The minimum absolute atomic E-state index is 0.0513. The van der Waals surface area contributed by atoms with Crippen molar-refractivity contribution in [3.05, 3.63) is 71.4 Å². The van der Waals surface area contributed by atoms with E-state index in [1.165, 1.54) is 24.8 Å². The Bertz CT molecular complexity index is 1170. The van der Waals surface area contributed by atoms with E-state index in [1.54, 1.807) is 0 Å². The van der Waals surface area contributed by atoms with Crippen LogP contribution in [0.15, 0.2) is 54.7 Å². The standard InChI is InChI=1S/C30H37N3O3/c34-29(31-25-9-2-1-3-10-25)24-15-13-23(14-16-24)8-6-7-17-33-22-27(26-11-4-5-12-28(26)33)30(35)32-18-20-36-21-19-32/h4-5,11-16,22,25H,1-3,6-10,17-21H2,(H,31,34). The summed E-state index contributed by atoms with van der Waals surface area (Å²) in [4.78, 5) is 27.6. The molecule has 6 heteroatoms. The number of unbranched alkanes of at least 4 members (excludes halogenated alkanes) is 1. The summed E-state index contributed by atoms with van der Waals surface area (Å²) >= 11 is 0. The molecule has 0 bridgehead atoms. The van der Waals surface area contributed by atoms with Gasteiger partial charge in [-0.05, 0) is 55.9 Å². The molecule has 1 N–H and O–H groups in total. The highest BCUT2D eigenvalue weighted by Crippen LogP contribution is 2.24. The Labute approximate surface area is 213 Å². The third-order valence-corrected chi connectivity index (χ3v) is 7.59. The number of hydrogen-bond donors (Lipinski definition) is 1. The Balaban J connectivity index is 1.15. The molecule has 2 fully saturated rings. The molecule has 3 aromatic rings. The summed E-state index contributed by atoms with van der Waals surface area (Å²) in [7, 11) is 0. The molecule has 190 valence electrons. The molecule has 0 radical (unpaired) electrons. The highest BCUT2D eigenvalue weighted by molar-refractivity contribution is 6.07. The highest BCUT2D eigenvalue weighted by atomic mass is 16.5. The van der Waals surface area contributed by atoms with Crippen molar-refractivity contribution in [3.8, 4) is 0 Å². The summed E-state index contributed by atoms with van der Waals surface area (Å²) < 4.78 is 7.63. The first-order chi connectivity index (χ1) is 17.7. The average molecular weight is 488 g/mol. The largest absolute Gasteiger partial charge is 0.378 e. The van der Waals surface area contributed by atoms with E-state index in [4.69, 9.17) is 4.74 Å². The van der Waals surface area contributed by atoms with Crippen molar-refractivity contribution in [1.82, 2.24) is 14.8 Å². The highest BCUT2D eigenvalue weighted by Gasteiger charge is 2.22. The van der Waals surface area contributed by atoms with E-state index < -0.39 is 0 Å². The summed E-state index contributed by atoms with van der Waals surface area (Å²) in [6, 6.07) is 16.6. The van der Waals surface area contributed by atoms with Gasteiger partial charge in [-0.15, -0.1) is 0 Å². The van der Waals surface area contributed by atoms with Gasteiger partial charge < -0.3 is 19.5 Å². The van der Waals surface area contributed by atoms with Crippen LogP contribution in [0.25, 0.3) is 10.9 Å². The van der Waals surface area contributed by atoms with E-state index >= 15 is 0 Å². The van der Waals surface area contributed by atoms with Crippen molar-refractivity contribution < 1.29 is 14.3 Å². The van der Waals surface area contributed by atoms with E-state index in [9.17, 15) is 9.59 Å². The summed E-state index contributed by atoms with van der Waals surface area (Å²) in [5.74, 6) is 0.149. The molecule has 5 rings (SSSR count). The number of rotatable bonds is 8. The van der Waals surface area contributed by atoms with Gasteiger partial charge in [0.2, 0.25) is 0 Å². The lowest BCUT2D eigenvalue weighted by Gasteiger charge is -2.26. The lowest BCUT2D eigenvalue weighted by molar-refractivity contribution is 0.0304. The average Bonchev–Trinajstić information content (AvgIpc) is 3.30. The lowest BCUT2D eigenvalue weighted by atomic mass is 9.95. The van der Waals surface area contributed by atoms with Crippen LogP contribution in [-0.2, 0) is 17.7 Å². The second-order valence-electron chi connectivity index (χ2n) is 10.1. The summed E-state index contributed by atoms with van der Waals surface area (Å²) in [6.45, 7) is 3.39. The van der Waals surface area contributed by atoms with Gasteiger partial charge in [-0.3, -0.25) is 9.59 Å². The van der Waals surface area contributed by atoms with Crippen LogP contribution in [0.5, 0.6) is 0 Å². The van der Waals surface area contributed by atoms with Crippen LogP contribution >= 0.6 is 0 Å². The van der Waals surface area contributed by atoms with Crippen LogP contribution < -0.4 is 5.32 Å². The first kappa shape index (κ1) is 24.6. The SMILES string of the molecule is O=C(NC1CCCCC1)c1ccc(CCCCn2cc(C(=O)N3CCOCC3)c3ccccc32)cc1. The second-order valence-corrected chi connectivity index (χ2v) is 10.1. The summed E-state index contributed by atoms with van der Waals surface area (Å²) in [6.07, 6.45) is 11.0. The molecule has 1 aliphatic carbocycles. The fourth-order valence-electron chi connectivity index (χ4n) is 5.49. The molecule has 2 aromatic carbocycles. The van der Waals surface area contributed by atoms with Crippen molar-refractivity contribution in [2.24, 2.45) is 0 Å². The van der Waals surface area contributed by atoms with Crippen LogP contribution in [-0.4, -0.2) is 53.6 Å². The van der Waals surface area contributed by atoms with E-state index in [1.807, 2.05) is 41.4 Å². The number of amides is 2. The molecule has 2 amide bonds. The van der Waals surface area contributed by atoms with Gasteiger partial charge in [0, 0.05) is 48.3 Å². The molecule has 2 heterocycles. The molecule has 0 atom stereocenters. The lowest BCUT2D eigenvalue weighted by Crippen LogP contribution is -2.40. The number of carbonyl (C=O) groups is 2. The van der Waals surface area contributed by atoms with Crippen molar-refractivity contribution >= 4 is 22.7 Å². The number of nitrogens with zero attached hydrogens (tertiary/aromatic N) is 2. The van der Waals surface area contributed by atoms with Crippen LogP contribution in [0.1, 0.15) is 71.2 Å². The zero-order valence-electron chi connectivity index (χ0n) is 21.1. The zero-order chi connectivity index (χ0) is 24.7. The van der Waals surface area contributed by atoms with Gasteiger partial charge in [0.1, 0.15) is 0 Å². The Morgan fingerprint density at radius 2 is 1.67 bits per heavy atom. The number of ether oxygens (including phenoxy) is 1. The maximum absolute atomic E-state index is 13.2. The first-order valence-corrected chi connectivity index (χ1v) is 13.5. The molecule has 1 aromatic heterocycles. The van der Waals surface area contributed by atoms with Gasteiger partial charge in [0.15, 0.2) is 0 Å². The van der Waals surface area contributed by atoms with Gasteiger partial charge in [-0.25, -0.2) is 0 Å². The number of aromatic nitrogens is 1. The molecular formula is C30H37N3O3. The Kier molecular flexibility index (Phi) is 8.01. The van der Waals surface area contributed by atoms with Crippen LogP contribution in [0.3, 0.4) is 0 Å². The predicted molar refractivity (Wildman–Crippen MR) is 142 cm³/mol. The van der Waals surface area contributed by atoms with Gasteiger partial charge >= 0.3 is 0 Å². The fraction of sp³-hybridized carbons (Fsp3) is 0.467. The third kappa shape index (κ3) is 5.81. The summed E-state index contributed by atoms with van der Waals surface area (Å²) in [5.41, 5.74) is 3.90. The molecular weight excluding hydrogens is 450 g/mol. The van der Waals surface area contributed by atoms with E-state index in [0.29, 0.717) is 32.3 Å². The molecule has 1 aliphatic heterocycles. The number of carbonyl (C=O) groups excluding carboxylic acids is 2. The Hall–Kier alpha value is -3.12. The molecule has 2 aliphatic rings. The number of aryl methyl sites for hydroxylation is 2. The number of hydrogen-bond acceptors (Lipinski definition) is 3. The van der Waals surface area contributed by atoms with Crippen molar-refractivity contribution in [2.45, 2.75) is 64.0 Å². The molecule has 0 spiro atoms. The Morgan fingerprint density at radius 1 is 0.917 bits per heavy atom. The van der Waals surface area contributed by atoms with Crippen molar-refractivity contribution in [3.63, 3.8) is 0 Å². The van der Waals surface area contributed by atoms with Gasteiger partial charge in [0.05, 0.1) is 18.8 Å². The quantitative estimate of drug-likeness (QED) is 0.444. The normalized spacial score (nSPS) is 16.8.